The van der Waals surface area contributed by atoms with E-state index in [1.165, 1.54) is 0 Å². The van der Waals surface area contributed by atoms with Crippen LogP contribution in [0.4, 0.5) is 0 Å². The van der Waals surface area contributed by atoms with Gasteiger partial charge in [-0.3, -0.25) is 4.79 Å². The second kappa shape index (κ2) is 7.87. The van der Waals surface area contributed by atoms with Crippen molar-refractivity contribution < 1.29 is 29.3 Å². The molecule has 0 saturated carbocycles. The summed E-state index contributed by atoms with van der Waals surface area (Å²) in [6.07, 6.45) is 0. The van der Waals surface area contributed by atoms with Gasteiger partial charge in [-0.25, -0.2) is 9.59 Å². The third-order valence-electron chi connectivity index (χ3n) is 2.08. The van der Waals surface area contributed by atoms with Crippen molar-refractivity contribution in [2.75, 3.05) is 11.5 Å². The first-order chi connectivity index (χ1) is 9.40. The number of carboxylic acid groups (broad SMARTS) is 2. The molecule has 21 heavy (non-hydrogen) atoms. The number of aliphatic carboxylic acids is 2. The Labute approximate surface area is 130 Å². The van der Waals surface area contributed by atoms with Crippen LogP contribution in [0.25, 0.3) is 0 Å². The summed E-state index contributed by atoms with van der Waals surface area (Å²) in [5.41, 5.74) is 7.85. The molecule has 2 unspecified atom stereocenters. The molecule has 0 rings (SSSR count). The van der Waals surface area contributed by atoms with Gasteiger partial charge in [-0.2, -0.15) is 0 Å². The normalized spacial score (nSPS) is 15.9. The van der Waals surface area contributed by atoms with Crippen molar-refractivity contribution in [2.24, 2.45) is 11.5 Å². The van der Waals surface area contributed by atoms with E-state index in [1.807, 2.05) is 0 Å². The zero-order chi connectivity index (χ0) is 16.8. The molecule has 0 saturated heterocycles. The van der Waals surface area contributed by atoms with E-state index in [9.17, 15) is 14.4 Å². The Morgan fingerprint density at radius 3 is 2.10 bits per heavy atom. The van der Waals surface area contributed by atoms with Gasteiger partial charge in [0.15, 0.2) is 0 Å². The molecule has 0 amide bonds. The van der Waals surface area contributed by atoms with Crippen molar-refractivity contribution in [3.8, 4) is 0 Å². The monoisotopic (exact) mass is 340 g/mol. The molecule has 0 aliphatic heterocycles. The average molecular weight is 340 g/mol. The summed E-state index contributed by atoms with van der Waals surface area (Å²) in [6, 6.07) is -1.07. The summed E-state index contributed by atoms with van der Waals surface area (Å²) in [7, 11) is 1.98. The molecule has 0 aliphatic rings. The molecular weight excluding hydrogens is 320 g/mol. The summed E-state index contributed by atoms with van der Waals surface area (Å²) in [6.45, 7) is 4.79. The van der Waals surface area contributed by atoms with Crippen molar-refractivity contribution in [3.63, 3.8) is 0 Å². The lowest BCUT2D eigenvalue weighted by Gasteiger charge is -2.27. The Kier molecular flexibility index (Phi) is 7.51. The van der Waals surface area contributed by atoms with E-state index in [2.05, 4.69) is 0 Å². The zero-order valence-electron chi connectivity index (χ0n) is 12.0. The lowest BCUT2D eigenvalue weighted by Crippen LogP contribution is -2.59. The molecule has 0 heterocycles. The SMILES string of the molecule is CC(C)(C)OC(=O)C(N)(CSSCC(N)C(=O)O)C(=O)O. The highest BCUT2D eigenvalue weighted by Crippen LogP contribution is 2.27. The first kappa shape index (κ1) is 20.0. The van der Waals surface area contributed by atoms with Gasteiger partial charge >= 0.3 is 17.9 Å². The summed E-state index contributed by atoms with van der Waals surface area (Å²) >= 11 is 0. The number of carbonyl (C=O) groups excluding carboxylic acids is 1. The van der Waals surface area contributed by atoms with Gasteiger partial charge in [0.25, 0.3) is 0 Å². The van der Waals surface area contributed by atoms with Gasteiger partial charge in [-0.15, -0.1) is 0 Å². The zero-order valence-corrected chi connectivity index (χ0v) is 13.6. The molecule has 0 bridgehead atoms. The maximum Gasteiger partial charge on any atom is 0.339 e. The first-order valence-electron chi connectivity index (χ1n) is 5.88. The number of rotatable bonds is 8. The number of hydrogen-bond acceptors (Lipinski definition) is 8. The van der Waals surface area contributed by atoms with E-state index < -0.39 is 35.1 Å². The van der Waals surface area contributed by atoms with Crippen LogP contribution in [0.15, 0.2) is 0 Å². The highest BCUT2D eigenvalue weighted by molar-refractivity contribution is 8.76. The lowest BCUT2D eigenvalue weighted by atomic mass is 10.0. The molecule has 2 atom stereocenters. The fraction of sp³-hybridized carbons (Fsp3) is 0.727. The number of ether oxygens (including phenoxy) is 1. The van der Waals surface area contributed by atoms with Gasteiger partial charge in [0.1, 0.15) is 11.6 Å². The predicted molar refractivity (Wildman–Crippen MR) is 80.9 cm³/mol. The minimum atomic E-state index is -2.20. The van der Waals surface area contributed by atoms with Gasteiger partial charge in [-0.05, 0) is 20.8 Å². The van der Waals surface area contributed by atoms with E-state index in [0.29, 0.717) is 0 Å². The highest BCUT2D eigenvalue weighted by atomic mass is 33.1. The Balaban J connectivity index is 4.58. The summed E-state index contributed by atoms with van der Waals surface area (Å²) in [5, 5.41) is 17.7. The quantitative estimate of drug-likeness (QED) is 0.204. The first-order valence-corrected chi connectivity index (χ1v) is 8.37. The van der Waals surface area contributed by atoms with Crippen LogP contribution in [0.1, 0.15) is 20.8 Å². The van der Waals surface area contributed by atoms with Crippen molar-refractivity contribution in [1.29, 1.82) is 0 Å². The Bertz CT molecular complexity index is 412. The largest absolute Gasteiger partial charge is 0.480 e. The molecule has 10 heteroatoms. The predicted octanol–water partition coefficient (Wildman–Crippen LogP) is -0.0965. The second-order valence-corrected chi connectivity index (χ2v) is 7.78. The van der Waals surface area contributed by atoms with Crippen LogP contribution in [0.2, 0.25) is 0 Å². The maximum absolute atomic E-state index is 11.9. The topological polar surface area (TPSA) is 153 Å². The lowest BCUT2D eigenvalue weighted by molar-refractivity contribution is -0.167. The molecule has 0 aromatic heterocycles. The number of carbonyl (C=O) groups is 3. The van der Waals surface area contributed by atoms with Crippen molar-refractivity contribution in [2.45, 2.75) is 38.0 Å². The van der Waals surface area contributed by atoms with Crippen LogP contribution in [-0.4, -0.2) is 56.8 Å². The van der Waals surface area contributed by atoms with Crippen LogP contribution < -0.4 is 11.5 Å². The Hall–Kier alpha value is -0.970. The molecule has 122 valence electrons. The Morgan fingerprint density at radius 1 is 1.19 bits per heavy atom. The van der Waals surface area contributed by atoms with E-state index in [0.717, 1.165) is 21.6 Å². The molecule has 0 radical (unpaired) electrons. The van der Waals surface area contributed by atoms with Gasteiger partial charge < -0.3 is 26.4 Å². The standard InChI is InChI=1S/C11H20N2O6S2/c1-10(2,3)19-9(18)11(13,8(16)17)5-21-20-4-6(12)7(14)15/h6H,4-5,12-13H2,1-3H3,(H,14,15)(H,16,17). The highest BCUT2D eigenvalue weighted by Gasteiger charge is 2.45. The minimum absolute atomic E-state index is 0.0595. The maximum atomic E-state index is 11.9. The van der Waals surface area contributed by atoms with E-state index >= 15 is 0 Å². The van der Waals surface area contributed by atoms with Gasteiger partial charge in [0, 0.05) is 11.5 Å². The smallest absolute Gasteiger partial charge is 0.339 e. The van der Waals surface area contributed by atoms with Gasteiger partial charge in [-0.1, -0.05) is 21.6 Å². The third kappa shape index (κ3) is 7.02. The second-order valence-electron chi connectivity index (χ2n) is 5.27. The van der Waals surface area contributed by atoms with E-state index in [4.69, 9.17) is 26.4 Å². The minimum Gasteiger partial charge on any atom is -0.480 e. The van der Waals surface area contributed by atoms with Crippen LogP contribution in [0.3, 0.4) is 0 Å². The molecule has 0 aliphatic carbocycles. The fourth-order valence-electron chi connectivity index (χ4n) is 0.904. The van der Waals surface area contributed by atoms with Crippen molar-refractivity contribution in [3.05, 3.63) is 0 Å². The average Bonchev–Trinajstić information content (AvgIpc) is 2.31. The summed E-state index contributed by atoms with van der Waals surface area (Å²) in [4.78, 5) is 33.6. The molecule has 0 spiro atoms. The summed E-state index contributed by atoms with van der Waals surface area (Å²) < 4.78 is 4.99. The van der Waals surface area contributed by atoms with Crippen molar-refractivity contribution >= 4 is 39.5 Å². The molecule has 6 N–H and O–H groups in total. The van der Waals surface area contributed by atoms with Crippen LogP contribution in [0, 0.1) is 0 Å². The number of nitrogens with two attached hydrogens (primary N) is 2. The van der Waals surface area contributed by atoms with Crippen LogP contribution >= 0.6 is 21.6 Å². The number of carboxylic acids is 2. The van der Waals surface area contributed by atoms with Crippen LogP contribution in [-0.2, 0) is 19.1 Å². The van der Waals surface area contributed by atoms with Gasteiger partial charge in [0.05, 0.1) is 0 Å². The summed E-state index contributed by atoms with van der Waals surface area (Å²) in [5.74, 6) is -3.92. The number of esters is 1. The number of hydrogen-bond donors (Lipinski definition) is 4. The van der Waals surface area contributed by atoms with Gasteiger partial charge in [0.2, 0.25) is 5.54 Å². The molecule has 0 aromatic rings. The fourth-order valence-corrected chi connectivity index (χ4v) is 3.34. The van der Waals surface area contributed by atoms with Crippen molar-refractivity contribution in [1.82, 2.24) is 0 Å². The Morgan fingerprint density at radius 2 is 1.71 bits per heavy atom. The molecular formula is C11H20N2O6S2. The third-order valence-corrected chi connectivity index (χ3v) is 4.58. The van der Waals surface area contributed by atoms with E-state index in [-0.39, 0.29) is 11.5 Å². The molecule has 8 nitrogen and oxygen atoms in total. The molecule has 0 fully saturated rings. The van der Waals surface area contributed by atoms with E-state index in [1.54, 1.807) is 20.8 Å². The molecule has 0 aromatic carbocycles. The van der Waals surface area contributed by atoms with Crippen LogP contribution in [0.5, 0.6) is 0 Å².